The lowest BCUT2D eigenvalue weighted by molar-refractivity contribution is -0.136. The van der Waals surface area contributed by atoms with Gasteiger partial charge in [0.25, 0.3) is 11.8 Å². The molecule has 4 amide bonds. The molecule has 2 saturated heterocycles. The maximum Gasteiger partial charge on any atom is 0.264 e. The van der Waals surface area contributed by atoms with Gasteiger partial charge in [-0.3, -0.25) is 34.3 Å². The van der Waals surface area contributed by atoms with Gasteiger partial charge in [0.2, 0.25) is 11.8 Å². The van der Waals surface area contributed by atoms with Crippen LogP contribution in [0.4, 0.5) is 5.69 Å². The predicted molar refractivity (Wildman–Crippen MR) is 115 cm³/mol. The van der Waals surface area contributed by atoms with E-state index in [9.17, 15) is 19.2 Å². The molecule has 0 aromatic heterocycles. The number of carbonyl (C=O) groups excluding carboxylic acids is 4. The van der Waals surface area contributed by atoms with E-state index in [-0.39, 0.29) is 43.6 Å². The molecule has 3 aliphatic heterocycles. The van der Waals surface area contributed by atoms with Crippen LogP contribution in [0, 0.1) is 0 Å². The van der Waals surface area contributed by atoms with Gasteiger partial charge >= 0.3 is 0 Å². The van der Waals surface area contributed by atoms with Crippen molar-refractivity contribution in [2.45, 2.75) is 18.9 Å². The molecule has 1 atom stereocenters. The van der Waals surface area contributed by atoms with E-state index in [1.165, 1.54) is 0 Å². The molecule has 1 unspecified atom stereocenters. The van der Waals surface area contributed by atoms with Crippen LogP contribution >= 0.6 is 24.8 Å². The number of carbonyl (C=O) groups is 4. The summed E-state index contributed by atoms with van der Waals surface area (Å²) in [5.41, 5.74) is 1.19. The van der Waals surface area contributed by atoms with Gasteiger partial charge in [-0.1, -0.05) is 6.07 Å². The van der Waals surface area contributed by atoms with Crippen molar-refractivity contribution in [3.63, 3.8) is 0 Å². The van der Waals surface area contributed by atoms with Gasteiger partial charge in [-0.2, -0.15) is 0 Å². The first-order chi connectivity index (χ1) is 13.6. The van der Waals surface area contributed by atoms with Crippen LogP contribution in [0.15, 0.2) is 18.2 Å². The molecule has 30 heavy (non-hydrogen) atoms. The predicted octanol–water partition coefficient (Wildman–Crippen LogP) is 0.249. The van der Waals surface area contributed by atoms with Crippen LogP contribution in [0.1, 0.15) is 33.6 Å². The zero-order valence-corrected chi connectivity index (χ0v) is 17.9. The molecule has 0 saturated carbocycles. The topological polar surface area (TPSA) is 111 Å². The molecule has 1 aromatic carbocycles. The number of hydrogen-bond acceptors (Lipinski definition) is 7. The highest BCUT2D eigenvalue weighted by Crippen LogP contribution is 2.32. The Bertz CT molecular complexity index is 844. The van der Waals surface area contributed by atoms with Crippen LogP contribution in [0.5, 0.6) is 0 Å². The Hall–Kier alpha value is -2.20. The molecule has 1 aromatic rings. The maximum atomic E-state index is 13.0. The van der Waals surface area contributed by atoms with E-state index in [1.54, 1.807) is 18.2 Å². The molecule has 3 heterocycles. The Kier molecular flexibility index (Phi) is 8.19. The number of rotatable bonds is 5. The highest BCUT2D eigenvalue weighted by molar-refractivity contribution is 6.25. The largest absolute Gasteiger partial charge is 0.383 e. The van der Waals surface area contributed by atoms with Crippen LogP contribution in [0.3, 0.4) is 0 Å². The number of imide groups is 2. The fourth-order valence-electron chi connectivity index (χ4n) is 3.95. The fourth-order valence-corrected chi connectivity index (χ4v) is 3.95. The van der Waals surface area contributed by atoms with Gasteiger partial charge in [0.1, 0.15) is 6.04 Å². The van der Waals surface area contributed by atoms with E-state index in [0.717, 1.165) is 37.6 Å². The molecule has 164 valence electrons. The van der Waals surface area contributed by atoms with Gasteiger partial charge in [0.15, 0.2) is 0 Å². The molecule has 2 fully saturated rings. The zero-order chi connectivity index (χ0) is 19.7. The summed E-state index contributed by atoms with van der Waals surface area (Å²) in [7, 11) is 0. The number of piperazine rings is 1. The Balaban J connectivity index is 0.00000160. The minimum atomic E-state index is -0.946. The number of fused-ring (bicyclic) bond motifs is 1. The highest BCUT2D eigenvalue weighted by Gasteiger charge is 2.45. The fraction of sp³-hybridized carbons (Fsp3) is 0.474. The van der Waals surface area contributed by atoms with Gasteiger partial charge < -0.3 is 10.6 Å². The van der Waals surface area contributed by atoms with E-state index in [0.29, 0.717) is 23.4 Å². The van der Waals surface area contributed by atoms with Crippen molar-refractivity contribution in [3.8, 4) is 0 Å². The molecule has 0 aliphatic carbocycles. The zero-order valence-electron chi connectivity index (χ0n) is 16.3. The van der Waals surface area contributed by atoms with E-state index in [2.05, 4.69) is 20.9 Å². The number of nitrogens with one attached hydrogen (secondary N) is 3. The molecule has 0 bridgehead atoms. The number of benzene rings is 1. The summed E-state index contributed by atoms with van der Waals surface area (Å²) in [5.74, 6) is -1.95. The summed E-state index contributed by atoms with van der Waals surface area (Å²) in [4.78, 5) is 52.7. The SMILES string of the molecule is Cl.Cl.O=C1CCC(N2C(=O)c3cccc(NCCN4CCNCC4)c3C2=O)C(=O)N1. The summed E-state index contributed by atoms with van der Waals surface area (Å²) in [6, 6.07) is 4.16. The van der Waals surface area contributed by atoms with Crippen molar-refractivity contribution in [2.75, 3.05) is 44.6 Å². The van der Waals surface area contributed by atoms with Crippen LogP contribution in [-0.2, 0) is 9.59 Å². The Morgan fingerprint density at radius 2 is 1.77 bits per heavy atom. The standard InChI is InChI=1S/C19H23N5O4.2ClH/c25-15-5-4-14(17(26)22-15)24-18(27)12-2-1-3-13(16(12)19(24)28)21-8-11-23-9-6-20-7-10-23;;/h1-3,14,20-21H,4-11H2,(H,22,25,26);2*1H. The maximum absolute atomic E-state index is 13.0. The van der Waals surface area contributed by atoms with E-state index >= 15 is 0 Å². The quantitative estimate of drug-likeness (QED) is 0.543. The van der Waals surface area contributed by atoms with Crippen LogP contribution in [-0.4, -0.2) is 78.7 Å². The van der Waals surface area contributed by atoms with Crippen LogP contribution in [0.25, 0.3) is 0 Å². The van der Waals surface area contributed by atoms with Gasteiger partial charge in [0, 0.05) is 51.4 Å². The number of amides is 4. The van der Waals surface area contributed by atoms with Gasteiger partial charge in [0.05, 0.1) is 11.1 Å². The van der Waals surface area contributed by atoms with Gasteiger partial charge in [-0.15, -0.1) is 24.8 Å². The number of nitrogens with zero attached hydrogens (tertiary/aromatic N) is 2. The van der Waals surface area contributed by atoms with E-state index in [4.69, 9.17) is 0 Å². The lowest BCUT2D eigenvalue weighted by Gasteiger charge is -2.28. The normalized spacial score (nSPS) is 21.5. The molecule has 3 N–H and O–H groups in total. The van der Waals surface area contributed by atoms with E-state index < -0.39 is 23.8 Å². The number of halogens is 2. The molecular formula is C19H25Cl2N5O4. The molecule has 0 radical (unpaired) electrons. The van der Waals surface area contributed by atoms with Crippen molar-refractivity contribution in [3.05, 3.63) is 29.3 Å². The monoisotopic (exact) mass is 457 g/mol. The van der Waals surface area contributed by atoms with Crippen molar-refractivity contribution in [2.24, 2.45) is 0 Å². The van der Waals surface area contributed by atoms with Crippen molar-refractivity contribution in [1.29, 1.82) is 0 Å². The number of piperidine rings is 1. The Morgan fingerprint density at radius 3 is 2.47 bits per heavy atom. The lowest BCUT2D eigenvalue weighted by atomic mass is 10.0. The average molecular weight is 458 g/mol. The van der Waals surface area contributed by atoms with Crippen LogP contribution < -0.4 is 16.0 Å². The van der Waals surface area contributed by atoms with Crippen molar-refractivity contribution in [1.82, 2.24) is 20.4 Å². The summed E-state index contributed by atoms with van der Waals surface area (Å²) in [6.45, 7) is 5.38. The smallest absolute Gasteiger partial charge is 0.264 e. The van der Waals surface area contributed by atoms with Crippen molar-refractivity contribution >= 4 is 54.1 Å². The first-order valence-corrected chi connectivity index (χ1v) is 9.58. The summed E-state index contributed by atoms with van der Waals surface area (Å²) in [5, 5.41) is 8.78. The Morgan fingerprint density at radius 1 is 1.03 bits per heavy atom. The minimum Gasteiger partial charge on any atom is -0.383 e. The second-order valence-corrected chi connectivity index (χ2v) is 7.19. The molecule has 3 aliphatic rings. The molecule has 9 nitrogen and oxygen atoms in total. The van der Waals surface area contributed by atoms with Gasteiger partial charge in [-0.25, -0.2) is 0 Å². The third-order valence-electron chi connectivity index (χ3n) is 5.42. The highest BCUT2D eigenvalue weighted by atomic mass is 35.5. The third kappa shape index (κ3) is 4.59. The first-order valence-electron chi connectivity index (χ1n) is 9.58. The van der Waals surface area contributed by atoms with Crippen LogP contribution in [0.2, 0.25) is 0 Å². The molecule has 0 spiro atoms. The van der Waals surface area contributed by atoms with E-state index in [1.807, 2.05) is 0 Å². The first kappa shape index (κ1) is 24.1. The average Bonchev–Trinajstić information content (AvgIpc) is 2.94. The summed E-state index contributed by atoms with van der Waals surface area (Å²) in [6.07, 6.45) is 0.265. The summed E-state index contributed by atoms with van der Waals surface area (Å²) < 4.78 is 0. The van der Waals surface area contributed by atoms with Crippen molar-refractivity contribution < 1.29 is 19.2 Å². The van der Waals surface area contributed by atoms with Gasteiger partial charge in [-0.05, 0) is 18.6 Å². The number of anilines is 1. The lowest BCUT2D eigenvalue weighted by Crippen LogP contribution is -2.54. The second kappa shape index (κ2) is 10.2. The third-order valence-corrected chi connectivity index (χ3v) is 5.42. The Labute approximate surface area is 186 Å². The number of hydrogen-bond donors (Lipinski definition) is 3. The molecular weight excluding hydrogens is 433 g/mol. The molecule has 4 rings (SSSR count). The second-order valence-electron chi connectivity index (χ2n) is 7.19. The molecule has 11 heteroatoms. The minimum absolute atomic E-state index is 0. The summed E-state index contributed by atoms with van der Waals surface area (Å²) >= 11 is 0.